The molecule has 1 aromatic heterocycles. The van der Waals surface area contributed by atoms with Crippen LogP contribution in [0.2, 0.25) is 0 Å². The Hall–Kier alpha value is -0.690. The lowest BCUT2D eigenvalue weighted by Crippen LogP contribution is -1.98. The molecule has 0 N–H and O–H groups in total. The molecule has 16 heavy (non-hydrogen) atoms. The summed E-state index contributed by atoms with van der Waals surface area (Å²) in [4.78, 5) is 11.2. The van der Waals surface area contributed by atoms with E-state index in [-0.39, 0.29) is 5.78 Å². The molecule has 0 aliphatic rings. The van der Waals surface area contributed by atoms with Crippen molar-refractivity contribution in [3.8, 4) is 5.69 Å². The first-order chi connectivity index (χ1) is 7.58. The van der Waals surface area contributed by atoms with E-state index in [2.05, 4.69) is 43.6 Å². The molecule has 1 heterocycles. The van der Waals surface area contributed by atoms with Crippen molar-refractivity contribution in [2.45, 2.75) is 6.92 Å². The third kappa shape index (κ3) is 2.35. The van der Waals surface area contributed by atoms with Gasteiger partial charge in [-0.2, -0.15) is 5.10 Å². The summed E-state index contributed by atoms with van der Waals surface area (Å²) in [5, 5.41) is 4.22. The summed E-state index contributed by atoms with van der Waals surface area (Å²) in [6.07, 6.45) is 3.71. The number of nitrogens with zero attached hydrogens (tertiary/aromatic N) is 2. The van der Waals surface area contributed by atoms with Crippen LogP contribution in [0.4, 0.5) is 0 Å². The smallest absolute Gasteiger partial charge is 0.159 e. The number of ketones is 1. The number of carbonyl (C=O) groups is 1. The molecule has 0 spiro atoms. The monoisotopic (exact) mass is 390 g/mol. The zero-order valence-electron chi connectivity index (χ0n) is 8.45. The number of halogens is 2. The van der Waals surface area contributed by atoms with Crippen LogP contribution in [-0.4, -0.2) is 15.6 Å². The van der Waals surface area contributed by atoms with Crippen LogP contribution in [0.1, 0.15) is 17.3 Å². The zero-order valence-corrected chi connectivity index (χ0v) is 12.2. The van der Waals surface area contributed by atoms with Crippen LogP contribution in [0.3, 0.4) is 0 Å². The summed E-state index contributed by atoms with van der Waals surface area (Å²) in [5.74, 6) is 0.0577. The summed E-state index contributed by atoms with van der Waals surface area (Å²) >= 11 is 5.65. The molecule has 3 nitrogen and oxygen atoms in total. The van der Waals surface area contributed by atoms with E-state index in [0.717, 1.165) is 13.7 Å². The minimum Gasteiger partial charge on any atom is -0.295 e. The number of carbonyl (C=O) groups excluding carboxylic acids is 1. The molecule has 0 saturated carbocycles. The fourth-order valence-electron chi connectivity index (χ4n) is 1.34. The Kier molecular flexibility index (Phi) is 3.44. The quantitative estimate of drug-likeness (QED) is 0.581. The third-order valence-corrected chi connectivity index (χ3v) is 3.34. The topological polar surface area (TPSA) is 34.9 Å². The Morgan fingerprint density at radius 3 is 2.75 bits per heavy atom. The second-order valence-corrected chi connectivity index (χ2v) is 5.43. The van der Waals surface area contributed by atoms with Crippen LogP contribution in [0.25, 0.3) is 5.69 Å². The van der Waals surface area contributed by atoms with E-state index in [1.54, 1.807) is 23.9 Å². The average Bonchev–Trinajstić information content (AvgIpc) is 2.64. The first kappa shape index (κ1) is 11.8. The Morgan fingerprint density at radius 1 is 1.50 bits per heavy atom. The van der Waals surface area contributed by atoms with Crippen LogP contribution >= 0.6 is 38.5 Å². The van der Waals surface area contributed by atoms with Gasteiger partial charge in [0.1, 0.15) is 0 Å². The molecular formula is C11H8BrIN2O. The number of hydrogen-bond donors (Lipinski definition) is 0. The van der Waals surface area contributed by atoms with E-state index in [1.165, 1.54) is 0 Å². The fraction of sp³-hybridized carbons (Fsp3) is 0.0909. The number of rotatable bonds is 2. The van der Waals surface area contributed by atoms with Gasteiger partial charge in [0.2, 0.25) is 0 Å². The summed E-state index contributed by atoms with van der Waals surface area (Å²) in [6, 6.07) is 5.49. The summed E-state index contributed by atoms with van der Waals surface area (Å²) in [6.45, 7) is 1.55. The van der Waals surface area contributed by atoms with Crippen molar-refractivity contribution < 1.29 is 4.79 Å². The predicted octanol–water partition coefficient (Wildman–Crippen LogP) is 3.44. The maximum absolute atomic E-state index is 11.2. The molecule has 0 aliphatic carbocycles. The first-order valence-electron chi connectivity index (χ1n) is 4.59. The van der Waals surface area contributed by atoms with Crippen LogP contribution in [-0.2, 0) is 0 Å². The highest BCUT2D eigenvalue weighted by Crippen LogP contribution is 2.22. The second-order valence-electron chi connectivity index (χ2n) is 3.33. The molecule has 0 unspecified atom stereocenters. The number of hydrogen-bond acceptors (Lipinski definition) is 2. The molecule has 0 atom stereocenters. The largest absolute Gasteiger partial charge is 0.295 e. The van der Waals surface area contributed by atoms with Crippen molar-refractivity contribution in [1.29, 1.82) is 0 Å². The molecular weight excluding hydrogens is 383 g/mol. The van der Waals surface area contributed by atoms with Gasteiger partial charge >= 0.3 is 0 Å². The molecule has 1 aromatic carbocycles. The molecule has 0 saturated heterocycles. The first-order valence-corrected chi connectivity index (χ1v) is 6.46. The van der Waals surface area contributed by atoms with Gasteiger partial charge in [-0.1, -0.05) is 0 Å². The lowest BCUT2D eigenvalue weighted by molar-refractivity contribution is 0.101. The molecule has 0 aliphatic heterocycles. The molecule has 0 radical (unpaired) electrons. The third-order valence-electron chi connectivity index (χ3n) is 2.15. The summed E-state index contributed by atoms with van der Waals surface area (Å²) in [7, 11) is 0. The molecule has 2 rings (SSSR count). The van der Waals surface area contributed by atoms with E-state index < -0.39 is 0 Å². The maximum atomic E-state index is 11.2. The summed E-state index contributed by atoms with van der Waals surface area (Å²) < 4.78 is 3.70. The highest BCUT2D eigenvalue weighted by atomic mass is 127. The SMILES string of the molecule is CC(=O)c1ccc(-n2cc(I)cn2)c(Br)c1. The Balaban J connectivity index is 2.47. The van der Waals surface area contributed by atoms with Gasteiger partial charge in [-0.05, 0) is 63.6 Å². The molecule has 0 amide bonds. The number of benzene rings is 1. The predicted molar refractivity (Wildman–Crippen MR) is 74.0 cm³/mol. The fourth-order valence-corrected chi connectivity index (χ4v) is 2.29. The van der Waals surface area contributed by atoms with Crippen LogP contribution in [0, 0.1) is 3.57 Å². The van der Waals surface area contributed by atoms with Crippen molar-refractivity contribution in [1.82, 2.24) is 9.78 Å². The normalized spacial score (nSPS) is 10.4. The number of Topliss-reactive ketones (excluding diaryl/α,β-unsaturated/α-hetero) is 1. The summed E-state index contributed by atoms with van der Waals surface area (Å²) in [5.41, 5.74) is 1.62. The van der Waals surface area contributed by atoms with Gasteiger partial charge < -0.3 is 0 Å². The van der Waals surface area contributed by atoms with E-state index in [1.807, 2.05) is 18.3 Å². The number of aromatic nitrogens is 2. The van der Waals surface area contributed by atoms with Crippen LogP contribution < -0.4 is 0 Å². The highest BCUT2D eigenvalue weighted by Gasteiger charge is 2.07. The van der Waals surface area contributed by atoms with E-state index in [4.69, 9.17) is 0 Å². The Labute approximate surface area is 115 Å². The van der Waals surface area contributed by atoms with Crippen molar-refractivity contribution in [2.75, 3.05) is 0 Å². The van der Waals surface area contributed by atoms with Gasteiger partial charge in [0.05, 0.1) is 15.5 Å². The van der Waals surface area contributed by atoms with E-state index in [0.29, 0.717) is 5.56 Å². The van der Waals surface area contributed by atoms with Crippen molar-refractivity contribution in [3.05, 3.63) is 44.2 Å². The molecule has 5 heteroatoms. The van der Waals surface area contributed by atoms with E-state index in [9.17, 15) is 4.79 Å². The van der Waals surface area contributed by atoms with Gasteiger partial charge in [0, 0.05) is 16.2 Å². The Bertz CT molecular complexity index is 551. The van der Waals surface area contributed by atoms with Gasteiger partial charge in [-0.3, -0.25) is 4.79 Å². The molecule has 2 aromatic rings. The second kappa shape index (κ2) is 4.67. The van der Waals surface area contributed by atoms with Crippen molar-refractivity contribution in [3.63, 3.8) is 0 Å². The molecule has 0 bridgehead atoms. The van der Waals surface area contributed by atoms with Crippen molar-refractivity contribution in [2.24, 2.45) is 0 Å². The minimum absolute atomic E-state index is 0.0577. The van der Waals surface area contributed by atoms with Crippen LogP contribution in [0.15, 0.2) is 35.1 Å². The zero-order chi connectivity index (χ0) is 11.7. The van der Waals surface area contributed by atoms with E-state index >= 15 is 0 Å². The van der Waals surface area contributed by atoms with Gasteiger partial charge in [-0.25, -0.2) is 4.68 Å². The lowest BCUT2D eigenvalue weighted by atomic mass is 10.1. The van der Waals surface area contributed by atoms with Crippen molar-refractivity contribution >= 4 is 44.3 Å². The molecule has 0 fully saturated rings. The average molecular weight is 391 g/mol. The lowest BCUT2D eigenvalue weighted by Gasteiger charge is -2.05. The highest BCUT2D eigenvalue weighted by molar-refractivity contribution is 14.1. The van der Waals surface area contributed by atoms with Gasteiger partial charge in [0.15, 0.2) is 5.78 Å². The molecule has 82 valence electrons. The van der Waals surface area contributed by atoms with Gasteiger partial charge in [-0.15, -0.1) is 0 Å². The minimum atomic E-state index is 0.0577. The van der Waals surface area contributed by atoms with Crippen LogP contribution in [0.5, 0.6) is 0 Å². The standard InChI is InChI=1S/C11H8BrIN2O/c1-7(16)8-2-3-11(10(12)4-8)15-6-9(13)5-14-15/h2-6H,1H3. The maximum Gasteiger partial charge on any atom is 0.159 e. The van der Waals surface area contributed by atoms with Gasteiger partial charge in [0.25, 0.3) is 0 Å². The Morgan fingerprint density at radius 2 is 2.25 bits per heavy atom.